The molecule has 3 rings (SSSR count). The lowest BCUT2D eigenvalue weighted by Crippen LogP contribution is -2.40. The third-order valence-electron chi connectivity index (χ3n) is 5.70. The van der Waals surface area contributed by atoms with Gasteiger partial charge in [-0.15, -0.1) is 0 Å². The largest absolute Gasteiger partial charge is 0.496 e. The maximum absolute atomic E-state index is 12.7. The summed E-state index contributed by atoms with van der Waals surface area (Å²) in [6.07, 6.45) is 2.49. The quantitative estimate of drug-likeness (QED) is 0.412. The molecule has 0 aliphatic carbocycles. The first-order valence-corrected chi connectivity index (χ1v) is 12.0. The molecule has 0 saturated carbocycles. The van der Waals surface area contributed by atoms with E-state index in [4.69, 9.17) is 32.9 Å². The Morgan fingerprint density at radius 1 is 1.25 bits per heavy atom. The van der Waals surface area contributed by atoms with Crippen molar-refractivity contribution in [3.8, 4) is 5.75 Å². The molecule has 2 aromatic rings. The fraction of sp³-hybridized carbons (Fsp3) is 0.385. The molecule has 0 bridgehead atoms. The van der Waals surface area contributed by atoms with Crippen molar-refractivity contribution in [2.45, 2.75) is 25.4 Å². The maximum Gasteiger partial charge on any atom is 0.335 e. The number of carbonyl (C=O) groups excluding carboxylic acids is 1. The Kier molecular flexibility index (Phi) is 11.0. The number of hydrogen-bond acceptors (Lipinski definition) is 7. The molecule has 0 aromatic heterocycles. The highest BCUT2D eigenvalue weighted by atomic mass is 35.5. The van der Waals surface area contributed by atoms with E-state index in [0.29, 0.717) is 16.6 Å². The summed E-state index contributed by atoms with van der Waals surface area (Å²) in [5, 5.41) is 12.8. The number of carboxylic acids is 1. The zero-order valence-corrected chi connectivity index (χ0v) is 22.0. The Labute approximate surface area is 217 Å². The Morgan fingerprint density at radius 2 is 1.94 bits per heavy atom. The van der Waals surface area contributed by atoms with Crippen molar-refractivity contribution in [1.82, 2.24) is 15.1 Å². The summed E-state index contributed by atoms with van der Waals surface area (Å²) in [5.41, 5.74) is 13.5. The van der Waals surface area contributed by atoms with Crippen LogP contribution in [0.15, 0.2) is 48.2 Å². The Balaban J connectivity index is 0.000000482. The SMILES string of the molecule is CN1CCCC(N)C1.COc1cc(C(=O)O)ccc1/C(N)=C(/NCc1ccccc1Cl)C(=O)N(C)C. The minimum atomic E-state index is -1.09. The van der Waals surface area contributed by atoms with Crippen molar-refractivity contribution >= 4 is 29.2 Å². The number of piperidine rings is 1. The fourth-order valence-corrected chi connectivity index (χ4v) is 3.93. The Hall–Kier alpha value is -3.27. The third kappa shape index (κ3) is 8.15. The molecule has 1 aliphatic rings. The third-order valence-corrected chi connectivity index (χ3v) is 6.07. The summed E-state index contributed by atoms with van der Waals surface area (Å²) in [7, 11) is 6.75. The van der Waals surface area contributed by atoms with Crippen LogP contribution in [-0.2, 0) is 11.3 Å². The smallest absolute Gasteiger partial charge is 0.335 e. The number of likely N-dealkylation sites (tertiary alicyclic amines) is 1. The number of benzene rings is 2. The molecule has 1 fully saturated rings. The summed E-state index contributed by atoms with van der Waals surface area (Å²) in [6.45, 7) is 2.60. The zero-order chi connectivity index (χ0) is 26.8. The number of amides is 1. The summed E-state index contributed by atoms with van der Waals surface area (Å²) in [6, 6.07) is 12.0. The number of carboxylic acid groups (broad SMARTS) is 1. The van der Waals surface area contributed by atoms with Crippen molar-refractivity contribution in [1.29, 1.82) is 0 Å². The van der Waals surface area contributed by atoms with E-state index < -0.39 is 5.97 Å². The summed E-state index contributed by atoms with van der Waals surface area (Å²) >= 11 is 6.18. The van der Waals surface area contributed by atoms with Gasteiger partial charge in [0.25, 0.3) is 5.91 Å². The standard InChI is InChI=1S/C20H22ClN3O4.C6H14N2/c1-24(2)19(25)18(23-11-13-6-4-5-7-15(13)21)17(22)14-9-8-12(20(26)27)10-16(14)28-3;1-8-4-2-3-6(7)5-8/h4-10,23H,11,22H2,1-3H3,(H,26,27);6H,2-5,7H2,1H3/b18-17-;. The lowest BCUT2D eigenvalue weighted by atomic mass is 10.1. The lowest BCUT2D eigenvalue weighted by molar-refractivity contribution is -0.125. The van der Waals surface area contributed by atoms with Crippen LogP contribution in [0, 0.1) is 0 Å². The molecule has 1 unspecified atom stereocenters. The first-order chi connectivity index (χ1) is 17.0. The number of nitrogens with one attached hydrogen (secondary N) is 1. The van der Waals surface area contributed by atoms with Crippen molar-refractivity contribution in [2.75, 3.05) is 41.3 Å². The first-order valence-electron chi connectivity index (χ1n) is 11.6. The van der Waals surface area contributed by atoms with E-state index in [9.17, 15) is 9.59 Å². The number of halogens is 1. The molecule has 1 amide bonds. The van der Waals surface area contributed by atoms with E-state index in [2.05, 4.69) is 17.3 Å². The molecule has 0 spiro atoms. The average Bonchev–Trinajstić information content (AvgIpc) is 2.84. The summed E-state index contributed by atoms with van der Waals surface area (Å²) in [5.74, 6) is -1.18. The molecule has 1 heterocycles. The van der Waals surface area contributed by atoms with Crippen molar-refractivity contribution in [3.63, 3.8) is 0 Å². The maximum atomic E-state index is 12.7. The van der Waals surface area contributed by atoms with Crippen LogP contribution in [0.25, 0.3) is 5.70 Å². The molecule has 1 aliphatic heterocycles. The molecule has 9 nitrogen and oxygen atoms in total. The molecule has 6 N–H and O–H groups in total. The highest BCUT2D eigenvalue weighted by Crippen LogP contribution is 2.27. The van der Waals surface area contributed by atoms with E-state index in [0.717, 1.165) is 12.1 Å². The van der Waals surface area contributed by atoms with Gasteiger partial charge < -0.3 is 36.4 Å². The van der Waals surface area contributed by atoms with Gasteiger partial charge in [0.2, 0.25) is 0 Å². The van der Waals surface area contributed by atoms with Crippen LogP contribution in [0.5, 0.6) is 5.75 Å². The van der Waals surface area contributed by atoms with Crippen molar-refractivity contribution in [2.24, 2.45) is 11.5 Å². The van der Waals surface area contributed by atoms with Gasteiger partial charge in [-0.05, 0) is 56.3 Å². The van der Waals surface area contributed by atoms with Gasteiger partial charge in [0.1, 0.15) is 11.4 Å². The number of rotatable bonds is 7. The zero-order valence-electron chi connectivity index (χ0n) is 21.3. The van der Waals surface area contributed by atoms with E-state index >= 15 is 0 Å². The molecule has 10 heteroatoms. The number of methoxy groups -OCH3 is 1. The van der Waals surface area contributed by atoms with Crippen LogP contribution in [-0.4, -0.2) is 74.2 Å². The normalized spacial score (nSPS) is 16.2. The van der Waals surface area contributed by atoms with Gasteiger partial charge in [-0.1, -0.05) is 29.8 Å². The summed E-state index contributed by atoms with van der Waals surface area (Å²) in [4.78, 5) is 27.6. The van der Waals surface area contributed by atoms with Gasteiger partial charge >= 0.3 is 5.97 Å². The predicted octanol–water partition coefficient (Wildman–Crippen LogP) is 2.59. The Morgan fingerprint density at radius 3 is 2.47 bits per heavy atom. The first kappa shape index (κ1) is 29.0. The van der Waals surface area contributed by atoms with E-state index in [-0.39, 0.29) is 35.2 Å². The number of hydrogen-bond donors (Lipinski definition) is 4. The molecular formula is C26H36ClN5O4. The fourth-order valence-electron chi connectivity index (χ4n) is 3.72. The number of nitrogens with two attached hydrogens (primary N) is 2. The van der Waals surface area contributed by atoms with Crippen LogP contribution >= 0.6 is 11.6 Å². The van der Waals surface area contributed by atoms with E-state index in [1.54, 1.807) is 20.2 Å². The van der Waals surface area contributed by atoms with E-state index in [1.807, 2.05) is 18.2 Å². The van der Waals surface area contributed by atoms with Gasteiger partial charge in [-0.25, -0.2) is 4.79 Å². The molecule has 36 heavy (non-hydrogen) atoms. The van der Waals surface area contributed by atoms with Crippen LogP contribution in [0.3, 0.4) is 0 Å². The number of ether oxygens (including phenoxy) is 1. The number of carbonyl (C=O) groups is 2. The summed E-state index contributed by atoms with van der Waals surface area (Å²) < 4.78 is 5.28. The van der Waals surface area contributed by atoms with Crippen LogP contribution < -0.4 is 21.5 Å². The monoisotopic (exact) mass is 517 g/mol. The molecule has 1 saturated heterocycles. The second-order valence-electron chi connectivity index (χ2n) is 8.82. The van der Waals surface area contributed by atoms with Gasteiger partial charge in [-0.3, -0.25) is 4.79 Å². The minimum absolute atomic E-state index is 0.0536. The second-order valence-corrected chi connectivity index (χ2v) is 9.23. The molecule has 2 aromatic carbocycles. The molecule has 0 radical (unpaired) electrons. The van der Waals surface area contributed by atoms with Crippen molar-refractivity contribution < 1.29 is 19.4 Å². The van der Waals surface area contributed by atoms with Crippen molar-refractivity contribution in [3.05, 3.63) is 69.9 Å². The van der Waals surface area contributed by atoms with Gasteiger partial charge in [0.15, 0.2) is 0 Å². The highest BCUT2D eigenvalue weighted by Gasteiger charge is 2.20. The molecule has 1 atom stereocenters. The molecule has 196 valence electrons. The highest BCUT2D eigenvalue weighted by molar-refractivity contribution is 6.31. The topological polar surface area (TPSA) is 134 Å². The van der Waals surface area contributed by atoms with Gasteiger partial charge in [0.05, 0.1) is 18.4 Å². The van der Waals surface area contributed by atoms with Crippen LogP contribution in [0.2, 0.25) is 5.02 Å². The van der Waals surface area contributed by atoms with Crippen LogP contribution in [0.4, 0.5) is 0 Å². The predicted molar refractivity (Wildman–Crippen MR) is 143 cm³/mol. The number of aromatic carboxylic acids is 1. The van der Waals surface area contributed by atoms with Gasteiger partial charge in [0, 0.05) is 43.8 Å². The lowest BCUT2D eigenvalue weighted by Gasteiger charge is -2.26. The second kappa shape index (κ2) is 13.7. The van der Waals surface area contributed by atoms with Crippen LogP contribution in [0.1, 0.15) is 34.3 Å². The Bertz CT molecular complexity index is 1080. The van der Waals surface area contributed by atoms with Gasteiger partial charge in [-0.2, -0.15) is 0 Å². The molecular weight excluding hydrogens is 482 g/mol. The average molecular weight is 518 g/mol. The number of likely N-dealkylation sites (N-methyl/N-ethyl adjacent to an activating group) is 2. The number of nitrogens with zero attached hydrogens (tertiary/aromatic N) is 2. The van der Waals surface area contributed by atoms with E-state index in [1.165, 1.54) is 49.6 Å². The minimum Gasteiger partial charge on any atom is -0.496 e.